The summed E-state index contributed by atoms with van der Waals surface area (Å²) in [6.07, 6.45) is -4.50. The number of anilines is 1. The van der Waals surface area contributed by atoms with Crippen LogP contribution in [0.5, 0.6) is 0 Å². The smallest absolute Gasteiger partial charge is 0.321 e. The van der Waals surface area contributed by atoms with Crippen molar-refractivity contribution < 1.29 is 18.0 Å². The van der Waals surface area contributed by atoms with Gasteiger partial charge in [0.15, 0.2) is 11.4 Å². The maximum absolute atomic E-state index is 12.6. The summed E-state index contributed by atoms with van der Waals surface area (Å²) in [5.41, 5.74) is -1.43. The molecule has 142 valence electrons. The van der Waals surface area contributed by atoms with Gasteiger partial charge in [0.05, 0.1) is 9.80 Å². The monoisotopic (exact) mass is 430 g/mol. The van der Waals surface area contributed by atoms with Gasteiger partial charge >= 0.3 is 6.18 Å². The topological polar surface area (TPSA) is 126 Å². The fourth-order valence-corrected chi connectivity index (χ4v) is 4.38. The number of aromatic nitrogens is 2. The van der Waals surface area contributed by atoms with E-state index < -0.39 is 17.6 Å². The normalized spacial score (nSPS) is 12.3. The van der Waals surface area contributed by atoms with Gasteiger partial charge in [-0.15, -0.1) is 0 Å². The van der Waals surface area contributed by atoms with Gasteiger partial charge in [0.1, 0.15) is 33.8 Å². The van der Waals surface area contributed by atoms with Crippen LogP contribution < -0.4 is 5.32 Å². The largest absolute Gasteiger partial charge is 0.416 e. The zero-order valence-corrected chi connectivity index (χ0v) is 15.5. The van der Waals surface area contributed by atoms with Crippen molar-refractivity contribution in [3.8, 4) is 18.2 Å². The Labute approximate surface area is 169 Å². The Kier molecular flexibility index (Phi) is 5.46. The Balaban J connectivity index is 1.85. The van der Waals surface area contributed by atoms with E-state index in [0.717, 1.165) is 47.8 Å². The number of benzene rings is 1. The molecule has 0 fully saturated rings. The van der Waals surface area contributed by atoms with Crippen molar-refractivity contribution >= 4 is 35.1 Å². The lowest BCUT2D eigenvalue weighted by Gasteiger charge is -2.09. The first-order chi connectivity index (χ1) is 13.8. The van der Waals surface area contributed by atoms with Crippen LogP contribution in [-0.2, 0) is 11.0 Å². The molecule has 1 N–H and O–H groups in total. The van der Waals surface area contributed by atoms with Gasteiger partial charge < -0.3 is 5.32 Å². The summed E-state index contributed by atoms with van der Waals surface area (Å²) in [5, 5.41) is 30.3. The van der Waals surface area contributed by atoms with Gasteiger partial charge in [0.2, 0.25) is 0 Å². The maximum atomic E-state index is 12.6. The van der Waals surface area contributed by atoms with E-state index in [-0.39, 0.29) is 36.9 Å². The molecule has 1 aliphatic heterocycles. The van der Waals surface area contributed by atoms with E-state index in [2.05, 4.69) is 15.3 Å². The molecule has 1 amide bonds. The molecule has 0 saturated heterocycles. The zero-order chi connectivity index (χ0) is 21.2. The molecule has 2 heterocycles. The highest BCUT2D eigenvalue weighted by Crippen LogP contribution is 2.50. The fraction of sp³-hybridized carbons (Fsp3) is 0.0588. The number of thioether (sulfide) groups is 2. The van der Waals surface area contributed by atoms with E-state index in [9.17, 15) is 23.2 Å². The molecule has 12 heteroatoms. The average Bonchev–Trinajstić information content (AvgIpc) is 3.09. The summed E-state index contributed by atoms with van der Waals surface area (Å²) < 4.78 is 38.1. The number of carbonyl (C=O) groups excluding carboxylic acids is 1. The first-order valence-corrected chi connectivity index (χ1v) is 9.11. The SMILES string of the molecule is N#CC(C(=O)Nc1ccc(C(F)(F)F)cc1)=C1Sc2nc(C#N)c(C#N)nc2S1. The summed E-state index contributed by atoms with van der Waals surface area (Å²) in [6, 6.07) is 9.01. The number of nitrogens with one attached hydrogen (secondary N) is 1. The number of fused-ring (bicyclic) bond motifs is 1. The van der Waals surface area contributed by atoms with Crippen LogP contribution in [0.1, 0.15) is 17.0 Å². The molecule has 0 aliphatic carbocycles. The highest BCUT2D eigenvalue weighted by Gasteiger charge is 2.31. The number of hydrogen-bond acceptors (Lipinski definition) is 8. The Hall–Kier alpha value is -3.53. The second-order valence-electron chi connectivity index (χ2n) is 5.26. The third kappa shape index (κ3) is 4.16. The van der Waals surface area contributed by atoms with Crippen LogP contribution in [-0.4, -0.2) is 15.9 Å². The van der Waals surface area contributed by atoms with E-state index in [1.165, 1.54) is 0 Å². The van der Waals surface area contributed by atoms with Crippen molar-refractivity contribution in [1.29, 1.82) is 15.8 Å². The molecule has 2 aromatic rings. The lowest BCUT2D eigenvalue weighted by molar-refractivity contribution is -0.137. The Morgan fingerprint density at radius 2 is 1.48 bits per heavy atom. The standard InChI is InChI=1S/C17H5F3N6OS2/c18-17(19,20)8-1-3-9(4-2-8)24-13(27)10(5-21)16-28-14-15(29-16)26-12(7-23)11(6-22)25-14/h1-4H,(H,24,27). The van der Waals surface area contributed by atoms with Crippen LogP contribution in [0.15, 0.2) is 44.1 Å². The maximum Gasteiger partial charge on any atom is 0.416 e. The lowest BCUT2D eigenvalue weighted by atomic mass is 10.2. The second-order valence-corrected chi connectivity index (χ2v) is 7.52. The van der Waals surface area contributed by atoms with Crippen LogP contribution in [0, 0.1) is 34.0 Å². The van der Waals surface area contributed by atoms with Gasteiger partial charge in [0, 0.05) is 5.69 Å². The third-order valence-corrected chi connectivity index (χ3v) is 5.80. The van der Waals surface area contributed by atoms with E-state index in [1.807, 2.05) is 0 Å². The minimum atomic E-state index is -4.50. The summed E-state index contributed by atoms with van der Waals surface area (Å²) >= 11 is 1.88. The van der Waals surface area contributed by atoms with Gasteiger partial charge in [-0.2, -0.15) is 29.0 Å². The summed E-state index contributed by atoms with van der Waals surface area (Å²) in [7, 11) is 0. The number of hydrogen-bond donors (Lipinski definition) is 1. The number of halogens is 3. The molecule has 0 atom stereocenters. The molecule has 0 spiro atoms. The zero-order valence-electron chi connectivity index (χ0n) is 13.9. The van der Waals surface area contributed by atoms with Gasteiger partial charge in [-0.1, -0.05) is 23.5 Å². The minimum absolute atomic E-state index is 0.0802. The summed E-state index contributed by atoms with van der Waals surface area (Å²) in [6.45, 7) is 0. The predicted molar refractivity (Wildman–Crippen MR) is 95.9 cm³/mol. The first kappa shape index (κ1) is 20.2. The van der Waals surface area contributed by atoms with Crippen LogP contribution in [0.3, 0.4) is 0 Å². The van der Waals surface area contributed by atoms with Crippen molar-refractivity contribution in [3.05, 3.63) is 51.0 Å². The van der Waals surface area contributed by atoms with Gasteiger partial charge in [-0.05, 0) is 24.3 Å². The first-order valence-electron chi connectivity index (χ1n) is 7.47. The number of nitriles is 3. The Morgan fingerprint density at radius 3 is 1.90 bits per heavy atom. The highest BCUT2D eigenvalue weighted by atomic mass is 32.2. The number of alkyl halides is 3. The molecular formula is C17H5F3N6OS2. The molecule has 29 heavy (non-hydrogen) atoms. The van der Waals surface area contributed by atoms with Gasteiger partial charge in [-0.25, -0.2) is 9.97 Å². The van der Waals surface area contributed by atoms with E-state index in [4.69, 9.17) is 10.5 Å². The van der Waals surface area contributed by atoms with Crippen LogP contribution >= 0.6 is 23.5 Å². The molecular weight excluding hydrogens is 425 g/mol. The second kappa shape index (κ2) is 7.84. The van der Waals surface area contributed by atoms with Gasteiger partial charge in [-0.3, -0.25) is 4.79 Å². The van der Waals surface area contributed by atoms with Crippen molar-refractivity contribution in [3.63, 3.8) is 0 Å². The quantitative estimate of drug-likeness (QED) is 0.563. The van der Waals surface area contributed by atoms with Crippen LogP contribution in [0.25, 0.3) is 0 Å². The molecule has 1 aromatic carbocycles. The van der Waals surface area contributed by atoms with Crippen LogP contribution in [0.4, 0.5) is 18.9 Å². The molecule has 0 saturated carbocycles. The molecule has 0 unspecified atom stereocenters. The molecule has 1 aliphatic rings. The van der Waals surface area contributed by atoms with E-state index >= 15 is 0 Å². The van der Waals surface area contributed by atoms with Gasteiger partial charge in [0.25, 0.3) is 5.91 Å². The summed E-state index contributed by atoms with van der Waals surface area (Å²) in [4.78, 5) is 20.4. The predicted octanol–water partition coefficient (Wildman–Crippen LogP) is 3.81. The van der Waals surface area contributed by atoms with Crippen LogP contribution in [0.2, 0.25) is 0 Å². The minimum Gasteiger partial charge on any atom is -0.321 e. The number of carbonyl (C=O) groups is 1. The number of nitrogens with zero attached hydrogens (tertiary/aromatic N) is 5. The van der Waals surface area contributed by atoms with Crippen molar-refractivity contribution in [2.75, 3.05) is 5.32 Å². The molecule has 0 radical (unpaired) electrons. The fourth-order valence-electron chi connectivity index (χ4n) is 2.12. The number of amides is 1. The third-order valence-electron chi connectivity index (χ3n) is 3.44. The van der Waals surface area contributed by atoms with E-state index in [0.29, 0.717) is 0 Å². The van der Waals surface area contributed by atoms with Crippen molar-refractivity contribution in [2.45, 2.75) is 16.2 Å². The lowest BCUT2D eigenvalue weighted by Crippen LogP contribution is -2.14. The Morgan fingerprint density at radius 1 is 0.966 bits per heavy atom. The van der Waals surface area contributed by atoms with Crippen molar-refractivity contribution in [2.24, 2.45) is 0 Å². The number of rotatable bonds is 2. The molecule has 7 nitrogen and oxygen atoms in total. The van der Waals surface area contributed by atoms with Crippen molar-refractivity contribution in [1.82, 2.24) is 9.97 Å². The molecule has 3 rings (SSSR count). The highest BCUT2D eigenvalue weighted by molar-refractivity contribution is 8.24. The summed E-state index contributed by atoms with van der Waals surface area (Å²) in [5.74, 6) is -0.823. The average molecular weight is 430 g/mol. The Bertz CT molecular complexity index is 1130. The molecule has 0 bridgehead atoms. The van der Waals surface area contributed by atoms with E-state index in [1.54, 1.807) is 18.2 Å². The molecule has 1 aromatic heterocycles.